The molecule has 2 aromatic rings. The summed E-state index contributed by atoms with van der Waals surface area (Å²) in [4.78, 5) is 24.7. The Morgan fingerprint density at radius 3 is 2.40 bits per heavy atom. The smallest absolute Gasteiger partial charge is 0.316 e. The number of carbonyl (C=O) groups is 2. The first kappa shape index (κ1) is 19.1. The molecule has 0 atom stereocenters. The van der Waals surface area contributed by atoms with Crippen molar-refractivity contribution >= 4 is 29.3 Å². The summed E-state index contributed by atoms with van der Waals surface area (Å²) in [6, 6.07) is 11.8. The molecule has 132 valence electrons. The number of benzene rings is 2. The van der Waals surface area contributed by atoms with Crippen molar-refractivity contribution in [3.63, 3.8) is 0 Å². The Labute approximate surface area is 153 Å². The highest BCUT2D eigenvalue weighted by molar-refractivity contribution is 8.00. The monoisotopic (exact) mass is 357 g/mol. The second kappa shape index (κ2) is 8.72. The zero-order valence-electron chi connectivity index (χ0n) is 15.0. The Hall–Kier alpha value is -2.27. The third-order valence-electron chi connectivity index (χ3n) is 3.86. The number of esters is 1. The second-order valence-corrected chi connectivity index (χ2v) is 7.11. The average molecular weight is 357 g/mol. The molecule has 0 saturated heterocycles. The number of anilines is 1. The number of aryl methyl sites for hydroxylation is 4. The Morgan fingerprint density at radius 1 is 0.960 bits per heavy atom. The maximum Gasteiger partial charge on any atom is 0.316 e. The first-order valence-corrected chi connectivity index (χ1v) is 9.06. The van der Waals surface area contributed by atoms with Gasteiger partial charge in [0.1, 0.15) is 0 Å². The zero-order valence-corrected chi connectivity index (χ0v) is 15.8. The molecule has 0 bridgehead atoms. The predicted molar refractivity (Wildman–Crippen MR) is 102 cm³/mol. The Morgan fingerprint density at radius 2 is 1.72 bits per heavy atom. The lowest BCUT2D eigenvalue weighted by molar-refractivity contribution is -0.144. The van der Waals surface area contributed by atoms with Crippen molar-refractivity contribution in [3.05, 3.63) is 58.7 Å². The van der Waals surface area contributed by atoms with Crippen LogP contribution in [0.15, 0.2) is 41.3 Å². The van der Waals surface area contributed by atoms with Crippen LogP contribution in [0.1, 0.15) is 22.3 Å². The molecule has 0 aliphatic carbocycles. The minimum absolute atomic E-state index is 0.180. The Kier molecular flexibility index (Phi) is 6.65. The maximum absolute atomic E-state index is 11.9. The van der Waals surface area contributed by atoms with E-state index in [0.717, 1.165) is 21.7 Å². The molecule has 1 amide bonds. The van der Waals surface area contributed by atoms with E-state index in [1.54, 1.807) is 0 Å². The largest absolute Gasteiger partial charge is 0.455 e. The van der Waals surface area contributed by atoms with E-state index >= 15 is 0 Å². The molecule has 4 nitrogen and oxygen atoms in total. The van der Waals surface area contributed by atoms with E-state index in [1.807, 2.05) is 64.1 Å². The maximum atomic E-state index is 11.9. The number of ether oxygens (including phenoxy) is 1. The van der Waals surface area contributed by atoms with Crippen molar-refractivity contribution in [2.75, 3.05) is 17.7 Å². The highest BCUT2D eigenvalue weighted by Crippen LogP contribution is 2.21. The van der Waals surface area contributed by atoms with Crippen LogP contribution in [0.2, 0.25) is 0 Å². The normalized spacial score (nSPS) is 10.4. The number of carbonyl (C=O) groups excluding carboxylic acids is 2. The number of hydrogen-bond acceptors (Lipinski definition) is 4. The van der Waals surface area contributed by atoms with Crippen molar-refractivity contribution in [2.24, 2.45) is 0 Å². The minimum Gasteiger partial charge on any atom is -0.455 e. The summed E-state index contributed by atoms with van der Waals surface area (Å²) in [6.45, 7) is 7.73. The summed E-state index contributed by atoms with van der Waals surface area (Å²) in [7, 11) is 0. The van der Waals surface area contributed by atoms with Crippen molar-refractivity contribution in [1.29, 1.82) is 0 Å². The topological polar surface area (TPSA) is 55.4 Å². The van der Waals surface area contributed by atoms with E-state index in [0.29, 0.717) is 0 Å². The second-order valence-electron chi connectivity index (χ2n) is 6.06. The zero-order chi connectivity index (χ0) is 18.4. The third kappa shape index (κ3) is 5.94. The van der Waals surface area contributed by atoms with Gasteiger partial charge in [0, 0.05) is 10.6 Å². The molecule has 1 N–H and O–H groups in total. The van der Waals surface area contributed by atoms with Crippen LogP contribution in [0, 0.1) is 27.7 Å². The average Bonchev–Trinajstić information content (AvgIpc) is 2.56. The SMILES string of the molecule is Cc1ccc(NC(=O)COC(=O)CSc2ccc(C)c(C)c2)c(C)c1. The molecule has 0 saturated carbocycles. The highest BCUT2D eigenvalue weighted by atomic mass is 32.2. The van der Waals surface area contributed by atoms with E-state index in [1.165, 1.54) is 22.9 Å². The molecule has 0 unspecified atom stereocenters. The van der Waals surface area contributed by atoms with E-state index in [9.17, 15) is 9.59 Å². The Balaban J connectivity index is 1.77. The van der Waals surface area contributed by atoms with E-state index in [2.05, 4.69) is 5.32 Å². The van der Waals surface area contributed by atoms with Gasteiger partial charge < -0.3 is 10.1 Å². The number of rotatable bonds is 6. The molecular weight excluding hydrogens is 334 g/mol. The summed E-state index contributed by atoms with van der Waals surface area (Å²) in [5.74, 6) is -0.560. The van der Waals surface area contributed by atoms with Gasteiger partial charge in [-0.2, -0.15) is 0 Å². The van der Waals surface area contributed by atoms with Gasteiger partial charge in [0.15, 0.2) is 6.61 Å². The molecular formula is C20H23NO3S. The van der Waals surface area contributed by atoms with Crippen LogP contribution >= 0.6 is 11.8 Å². The predicted octanol–water partition coefficient (Wildman–Crippen LogP) is 4.19. The fourth-order valence-electron chi connectivity index (χ4n) is 2.27. The molecule has 0 fully saturated rings. The lowest BCUT2D eigenvalue weighted by atomic mass is 10.1. The molecule has 0 heterocycles. The van der Waals surface area contributed by atoms with Crippen LogP contribution < -0.4 is 5.32 Å². The van der Waals surface area contributed by atoms with Crippen LogP contribution in [0.4, 0.5) is 5.69 Å². The lowest BCUT2D eigenvalue weighted by Crippen LogP contribution is -2.22. The molecule has 0 spiro atoms. The van der Waals surface area contributed by atoms with Crippen molar-refractivity contribution < 1.29 is 14.3 Å². The van der Waals surface area contributed by atoms with Crippen LogP contribution in [-0.4, -0.2) is 24.2 Å². The van der Waals surface area contributed by atoms with Gasteiger partial charge in [0.05, 0.1) is 5.75 Å². The van der Waals surface area contributed by atoms with Gasteiger partial charge in [-0.15, -0.1) is 11.8 Å². The van der Waals surface area contributed by atoms with Crippen LogP contribution in [0.3, 0.4) is 0 Å². The van der Waals surface area contributed by atoms with Crippen LogP contribution in [-0.2, 0) is 14.3 Å². The minimum atomic E-state index is -0.404. The number of amides is 1. The number of hydrogen-bond donors (Lipinski definition) is 1. The molecule has 2 aromatic carbocycles. The van der Waals surface area contributed by atoms with Gasteiger partial charge in [-0.1, -0.05) is 23.8 Å². The molecule has 0 radical (unpaired) electrons. The lowest BCUT2D eigenvalue weighted by Gasteiger charge is -2.10. The van der Waals surface area contributed by atoms with E-state index in [-0.39, 0.29) is 18.3 Å². The van der Waals surface area contributed by atoms with E-state index < -0.39 is 5.97 Å². The van der Waals surface area contributed by atoms with Crippen molar-refractivity contribution in [1.82, 2.24) is 0 Å². The molecule has 2 rings (SSSR count). The molecule has 5 heteroatoms. The highest BCUT2D eigenvalue weighted by Gasteiger charge is 2.10. The standard InChI is InChI=1S/C20H23NO3S/c1-13-5-8-18(16(4)9-13)21-19(22)11-24-20(23)12-25-17-7-6-14(2)15(3)10-17/h5-10H,11-12H2,1-4H3,(H,21,22). The quantitative estimate of drug-likeness (QED) is 0.622. The summed E-state index contributed by atoms with van der Waals surface area (Å²) < 4.78 is 5.04. The first-order valence-electron chi connectivity index (χ1n) is 8.08. The van der Waals surface area contributed by atoms with Gasteiger partial charge in [-0.3, -0.25) is 9.59 Å². The summed E-state index contributed by atoms with van der Waals surface area (Å²) in [5.41, 5.74) is 5.24. The van der Waals surface area contributed by atoms with Gasteiger partial charge in [0.2, 0.25) is 0 Å². The van der Waals surface area contributed by atoms with Gasteiger partial charge in [-0.05, 0) is 62.6 Å². The fraction of sp³-hybridized carbons (Fsp3) is 0.300. The number of nitrogens with one attached hydrogen (secondary N) is 1. The first-order chi connectivity index (χ1) is 11.8. The van der Waals surface area contributed by atoms with Gasteiger partial charge in [-0.25, -0.2) is 0 Å². The van der Waals surface area contributed by atoms with Crippen molar-refractivity contribution in [2.45, 2.75) is 32.6 Å². The molecule has 25 heavy (non-hydrogen) atoms. The Bertz CT molecular complexity index is 787. The third-order valence-corrected chi connectivity index (χ3v) is 4.82. The molecule has 0 aliphatic rings. The summed E-state index contributed by atoms with van der Waals surface area (Å²) in [6.07, 6.45) is 0. The van der Waals surface area contributed by atoms with E-state index in [4.69, 9.17) is 4.74 Å². The van der Waals surface area contributed by atoms with Gasteiger partial charge >= 0.3 is 5.97 Å². The van der Waals surface area contributed by atoms with Gasteiger partial charge in [0.25, 0.3) is 5.91 Å². The summed E-state index contributed by atoms with van der Waals surface area (Å²) in [5, 5.41) is 2.76. The van der Waals surface area contributed by atoms with Crippen LogP contribution in [0.25, 0.3) is 0 Å². The number of thioether (sulfide) groups is 1. The van der Waals surface area contributed by atoms with Crippen LogP contribution in [0.5, 0.6) is 0 Å². The van der Waals surface area contributed by atoms with Crippen molar-refractivity contribution in [3.8, 4) is 0 Å². The molecule has 0 aromatic heterocycles. The summed E-state index contributed by atoms with van der Waals surface area (Å²) >= 11 is 1.40. The molecule has 0 aliphatic heterocycles. The fourth-order valence-corrected chi connectivity index (χ4v) is 3.07.